The lowest BCUT2D eigenvalue weighted by atomic mass is 10.1. The Balaban J connectivity index is 1.50. The second-order valence-corrected chi connectivity index (χ2v) is 7.65. The van der Waals surface area contributed by atoms with Gasteiger partial charge in [0.15, 0.2) is 0 Å². The minimum Gasteiger partial charge on any atom is -0.456 e. The molecule has 8 heteroatoms. The topological polar surface area (TPSA) is 99.6 Å². The van der Waals surface area contributed by atoms with E-state index in [2.05, 4.69) is 4.98 Å². The van der Waals surface area contributed by atoms with E-state index in [9.17, 15) is 14.4 Å². The molecule has 2 heterocycles. The van der Waals surface area contributed by atoms with E-state index in [0.717, 1.165) is 5.56 Å². The number of aryl methyl sites for hydroxylation is 1. The molecule has 1 N–H and O–H groups in total. The van der Waals surface area contributed by atoms with E-state index in [1.165, 1.54) is 10.8 Å². The van der Waals surface area contributed by atoms with Crippen LogP contribution in [-0.4, -0.2) is 34.3 Å². The van der Waals surface area contributed by atoms with Gasteiger partial charge in [-0.1, -0.05) is 48.5 Å². The minimum atomic E-state index is -0.697. The smallest absolute Gasteiger partial charge is 0.338 e. The predicted molar refractivity (Wildman–Crippen MR) is 116 cm³/mol. The molecule has 0 radical (unpaired) electrons. The lowest BCUT2D eigenvalue weighted by Crippen LogP contribution is -2.33. The average molecular weight is 436 g/mol. The van der Waals surface area contributed by atoms with Crippen LogP contribution in [0.3, 0.4) is 0 Å². The molecule has 3 atom stereocenters. The summed E-state index contributed by atoms with van der Waals surface area (Å²) in [5.41, 5.74) is 0.794. The first-order valence-electron chi connectivity index (χ1n) is 10.4. The SMILES string of the molecule is Cc1cn([C@H]2C[C@H](OC(=O)c3ccccc3)[C@@H](COCc3ccccc3)O2)c(=O)[nH]c1=O. The van der Waals surface area contributed by atoms with Gasteiger partial charge in [-0.05, 0) is 24.6 Å². The maximum atomic E-state index is 12.6. The van der Waals surface area contributed by atoms with Crippen molar-refractivity contribution in [3.8, 4) is 0 Å². The summed E-state index contributed by atoms with van der Waals surface area (Å²) in [6, 6.07) is 18.4. The third-order valence-electron chi connectivity index (χ3n) is 5.30. The van der Waals surface area contributed by atoms with E-state index in [0.29, 0.717) is 17.7 Å². The minimum absolute atomic E-state index is 0.176. The summed E-state index contributed by atoms with van der Waals surface area (Å²) in [6.07, 6.45) is -0.187. The molecule has 4 rings (SSSR count). The summed E-state index contributed by atoms with van der Waals surface area (Å²) < 4.78 is 18.9. The molecule has 8 nitrogen and oxygen atoms in total. The third kappa shape index (κ3) is 5.04. The molecule has 166 valence electrons. The third-order valence-corrected chi connectivity index (χ3v) is 5.30. The molecule has 0 amide bonds. The normalized spacial score (nSPS) is 20.2. The number of nitrogens with one attached hydrogen (secondary N) is 1. The van der Waals surface area contributed by atoms with E-state index in [4.69, 9.17) is 14.2 Å². The van der Waals surface area contributed by atoms with Crippen molar-refractivity contribution in [2.24, 2.45) is 0 Å². The van der Waals surface area contributed by atoms with Crippen molar-refractivity contribution in [1.82, 2.24) is 9.55 Å². The molecule has 0 saturated carbocycles. The predicted octanol–water partition coefficient (Wildman–Crippen LogP) is 2.57. The highest BCUT2D eigenvalue weighted by atomic mass is 16.6. The summed E-state index contributed by atoms with van der Waals surface area (Å²) in [4.78, 5) is 38.9. The molecule has 0 unspecified atom stereocenters. The Kier molecular flexibility index (Phi) is 6.63. The number of rotatable bonds is 7. The summed E-state index contributed by atoms with van der Waals surface area (Å²) in [5.74, 6) is -0.474. The van der Waals surface area contributed by atoms with Crippen molar-refractivity contribution in [2.75, 3.05) is 6.61 Å². The second kappa shape index (κ2) is 9.76. The molecular formula is C24H24N2O6. The van der Waals surface area contributed by atoms with Gasteiger partial charge in [0, 0.05) is 18.2 Å². The number of aromatic amines is 1. The van der Waals surface area contributed by atoms with Gasteiger partial charge in [0.25, 0.3) is 5.56 Å². The molecule has 1 aromatic heterocycles. The quantitative estimate of drug-likeness (QED) is 0.572. The van der Waals surface area contributed by atoms with E-state index < -0.39 is 35.7 Å². The molecule has 1 aliphatic heterocycles. The van der Waals surface area contributed by atoms with Crippen LogP contribution in [0.25, 0.3) is 0 Å². The zero-order valence-electron chi connectivity index (χ0n) is 17.6. The van der Waals surface area contributed by atoms with Crippen molar-refractivity contribution >= 4 is 5.97 Å². The largest absolute Gasteiger partial charge is 0.456 e. The van der Waals surface area contributed by atoms with Gasteiger partial charge in [0.05, 0.1) is 18.8 Å². The molecule has 1 aliphatic rings. The van der Waals surface area contributed by atoms with Crippen LogP contribution in [0.2, 0.25) is 0 Å². The fourth-order valence-electron chi connectivity index (χ4n) is 3.59. The zero-order chi connectivity index (χ0) is 22.5. The number of hydrogen-bond donors (Lipinski definition) is 1. The van der Waals surface area contributed by atoms with Gasteiger partial charge in [-0.25, -0.2) is 9.59 Å². The van der Waals surface area contributed by atoms with Gasteiger partial charge in [0.1, 0.15) is 18.4 Å². The number of H-pyrrole nitrogens is 1. The number of esters is 1. The molecule has 0 aliphatic carbocycles. The van der Waals surface area contributed by atoms with Crippen LogP contribution in [-0.2, 0) is 20.8 Å². The second-order valence-electron chi connectivity index (χ2n) is 7.65. The number of ether oxygens (including phenoxy) is 3. The molecule has 0 spiro atoms. The summed E-state index contributed by atoms with van der Waals surface area (Å²) in [6.45, 7) is 2.16. The lowest BCUT2D eigenvalue weighted by Gasteiger charge is -2.19. The van der Waals surface area contributed by atoms with Crippen LogP contribution in [0.5, 0.6) is 0 Å². The van der Waals surface area contributed by atoms with Crippen molar-refractivity contribution in [1.29, 1.82) is 0 Å². The first-order chi connectivity index (χ1) is 15.5. The molecule has 3 aromatic rings. The van der Waals surface area contributed by atoms with Crippen molar-refractivity contribution in [3.05, 3.63) is 104 Å². The number of nitrogens with zero attached hydrogens (tertiary/aromatic N) is 1. The van der Waals surface area contributed by atoms with Gasteiger partial charge in [0.2, 0.25) is 0 Å². The number of carbonyl (C=O) groups excluding carboxylic acids is 1. The molecular weight excluding hydrogens is 412 g/mol. The Bertz CT molecular complexity index is 1170. The summed E-state index contributed by atoms with van der Waals surface area (Å²) in [5, 5.41) is 0. The van der Waals surface area contributed by atoms with E-state index in [1.54, 1.807) is 31.2 Å². The van der Waals surface area contributed by atoms with E-state index in [1.807, 2.05) is 36.4 Å². The Morgan fingerprint density at radius 3 is 2.50 bits per heavy atom. The number of aromatic nitrogens is 2. The zero-order valence-corrected chi connectivity index (χ0v) is 17.6. The lowest BCUT2D eigenvalue weighted by molar-refractivity contribution is -0.0710. The van der Waals surface area contributed by atoms with E-state index in [-0.39, 0.29) is 13.0 Å². The van der Waals surface area contributed by atoms with Crippen LogP contribution in [0, 0.1) is 6.92 Å². The van der Waals surface area contributed by atoms with Gasteiger partial charge in [-0.2, -0.15) is 0 Å². The molecule has 0 bridgehead atoms. The van der Waals surface area contributed by atoms with Crippen molar-refractivity contribution < 1.29 is 19.0 Å². The highest BCUT2D eigenvalue weighted by molar-refractivity contribution is 5.89. The van der Waals surface area contributed by atoms with Crippen molar-refractivity contribution in [2.45, 2.75) is 38.4 Å². The Hall–Kier alpha value is -3.49. The maximum Gasteiger partial charge on any atom is 0.338 e. The number of carbonyl (C=O) groups is 1. The van der Waals surface area contributed by atoms with Crippen molar-refractivity contribution in [3.63, 3.8) is 0 Å². The van der Waals surface area contributed by atoms with Gasteiger partial charge in [-0.15, -0.1) is 0 Å². The number of benzene rings is 2. The maximum absolute atomic E-state index is 12.6. The van der Waals surface area contributed by atoms with Crippen LogP contribution in [0.15, 0.2) is 76.4 Å². The highest BCUT2D eigenvalue weighted by Gasteiger charge is 2.39. The van der Waals surface area contributed by atoms with E-state index >= 15 is 0 Å². The van der Waals surface area contributed by atoms with Gasteiger partial charge < -0.3 is 14.2 Å². The fourth-order valence-corrected chi connectivity index (χ4v) is 3.59. The molecule has 1 fully saturated rings. The van der Waals surface area contributed by atoms with Crippen LogP contribution in [0.4, 0.5) is 0 Å². The average Bonchev–Trinajstić information content (AvgIpc) is 3.19. The van der Waals surface area contributed by atoms with Crippen LogP contribution < -0.4 is 11.2 Å². The summed E-state index contributed by atoms with van der Waals surface area (Å²) >= 11 is 0. The fraction of sp³-hybridized carbons (Fsp3) is 0.292. The van der Waals surface area contributed by atoms with Crippen LogP contribution >= 0.6 is 0 Å². The first-order valence-corrected chi connectivity index (χ1v) is 10.4. The van der Waals surface area contributed by atoms with Gasteiger partial charge >= 0.3 is 11.7 Å². The molecule has 2 aromatic carbocycles. The Morgan fingerprint density at radius 2 is 1.78 bits per heavy atom. The monoisotopic (exact) mass is 436 g/mol. The summed E-state index contributed by atoms with van der Waals surface area (Å²) in [7, 11) is 0. The Labute approximate surface area is 184 Å². The first kappa shape index (κ1) is 21.7. The number of hydrogen-bond acceptors (Lipinski definition) is 6. The Morgan fingerprint density at radius 1 is 1.09 bits per heavy atom. The van der Waals surface area contributed by atoms with Crippen LogP contribution in [0.1, 0.15) is 34.1 Å². The van der Waals surface area contributed by atoms with Gasteiger partial charge in [-0.3, -0.25) is 14.3 Å². The standard InChI is InChI=1S/C24H24N2O6/c1-16-13-26(24(29)25-22(16)27)21-12-19(32-23(28)18-10-6-3-7-11-18)20(31-21)15-30-14-17-8-4-2-5-9-17/h2-11,13,19-21H,12,14-15H2,1H3,(H,25,27,29)/t19-,20+,21+/m0/s1. The molecule has 32 heavy (non-hydrogen) atoms. The highest BCUT2D eigenvalue weighted by Crippen LogP contribution is 2.31. The molecule has 1 saturated heterocycles.